The molecule has 102 valence electrons. The number of furan rings is 1. The van der Waals surface area contributed by atoms with Crippen molar-refractivity contribution in [3.05, 3.63) is 52.3 Å². The van der Waals surface area contributed by atoms with Crippen molar-refractivity contribution in [1.29, 1.82) is 0 Å². The van der Waals surface area contributed by atoms with Crippen LogP contribution in [0.25, 0.3) is 11.3 Å². The topological polar surface area (TPSA) is 97.7 Å². The molecule has 1 heterocycles. The molecule has 0 spiro atoms. The van der Waals surface area contributed by atoms with E-state index in [4.69, 9.17) is 4.42 Å². The molecule has 0 radical (unpaired) electrons. The van der Waals surface area contributed by atoms with Crippen LogP contribution in [0, 0.1) is 10.1 Å². The van der Waals surface area contributed by atoms with Gasteiger partial charge in [0.15, 0.2) is 0 Å². The molecule has 0 bridgehead atoms. The Bertz CT molecular complexity index is 659. The molecule has 7 nitrogen and oxygen atoms in total. The Hall–Kier alpha value is -2.96. The van der Waals surface area contributed by atoms with E-state index >= 15 is 0 Å². The molecule has 20 heavy (non-hydrogen) atoms. The molecule has 1 amide bonds. The van der Waals surface area contributed by atoms with Gasteiger partial charge in [-0.1, -0.05) is 0 Å². The van der Waals surface area contributed by atoms with Crippen molar-refractivity contribution in [2.45, 2.75) is 6.92 Å². The van der Waals surface area contributed by atoms with Crippen LogP contribution in [0.3, 0.4) is 0 Å². The highest BCUT2D eigenvalue weighted by Gasteiger charge is 2.07. The van der Waals surface area contributed by atoms with E-state index in [9.17, 15) is 14.9 Å². The molecule has 1 aromatic carbocycles. The fraction of sp³-hybridized carbons (Fsp3) is 0.0769. The standard InChI is InChI=1S/C13H11N3O4/c1-9(17)15-14-8-12-6-7-13(20-12)10-2-4-11(5-3-10)16(18)19/h2-8H,1H3,(H,15,17)/b14-8-. The molecule has 0 aliphatic rings. The predicted molar refractivity (Wildman–Crippen MR) is 72.2 cm³/mol. The van der Waals surface area contributed by atoms with Crippen LogP contribution < -0.4 is 5.43 Å². The number of hydrogen-bond donors (Lipinski definition) is 1. The van der Waals surface area contributed by atoms with Crippen LogP contribution in [0.5, 0.6) is 0 Å². The molecule has 1 aromatic heterocycles. The van der Waals surface area contributed by atoms with Crippen LogP contribution in [0.15, 0.2) is 45.9 Å². The van der Waals surface area contributed by atoms with Gasteiger partial charge in [0.25, 0.3) is 5.69 Å². The number of nitrogens with one attached hydrogen (secondary N) is 1. The Balaban J connectivity index is 2.14. The van der Waals surface area contributed by atoms with Crippen LogP contribution >= 0.6 is 0 Å². The maximum atomic E-state index is 10.6. The summed E-state index contributed by atoms with van der Waals surface area (Å²) in [5.74, 6) is 0.750. The third-order valence-corrected chi connectivity index (χ3v) is 2.40. The predicted octanol–water partition coefficient (Wildman–Crippen LogP) is 2.32. The number of hydrogen-bond acceptors (Lipinski definition) is 5. The van der Waals surface area contributed by atoms with E-state index in [1.165, 1.54) is 25.3 Å². The van der Waals surface area contributed by atoms with E-state index < -0.39 is 4.92 Å². The fourth-order valence-electron chi connectivity index (χ4n) is 1.51. The highest BCUT2D eigenvalue weighted by Crippen LogP contribution is 2.23. The van der Waals surface area contributed by atoms with Crippen molar-refractivity contribution in [3.63, 3.8) is 0 Å². The molecule has 0 saturated heterocycles. The lowest BCUT2D eigenvalue weighted by atomic mass is 10.1. The van der Waals surface area contributed by atoms with Gasteiger partial charge in [0.05, 0.1) is 11.1 Å². The maximum Gasteiger partial charge on any atom is 0.269 e. The number of nitrogens with zero attached hydrogens (tertiary/aromatic N) is 2. The molecule has 0 fully saturated rings. The lowest BCUT2D eigenvalue weighted by molar-refractivity contribution is -0.384. The van der Waals surface area contributed by atoms with Gasteiger partial charge in [-0.25, -0.2) is 5.43 Å². The van der Waals surface area contributed by atoms with Gasteiger partial charge >= 0.3 is 0 Å². The number of benzene rings is 1. The SMILES string of the molecule is CC(=O)N/N=C\c1ccc(-c2ccc([N+](=O)[O-])cc2)o1. The Morgan fingerprint density at radius 1 is 1.30 bits per heavy atom. The average Bonchev–Trinajstić information content (AvgIpc) is 2.87. The van der Waals surface area contributed by atoms with Crippen LogP contribution in [0.2, 0.25) is 0 Å². The van der Waals surface area contributed by atoms with Crippen LogP contribution in [-0.2, 0) is 4.79 Å². The number of carbonyl (C=O) groups excluding carboxylic acids is 1. The van der Waals surface area contributed by atoms with Crippen molar-refractivity contribution in [1.82, 2.24) is 5.43 Å². The molecule has 2 aromatic rings. The lowest BCUT2D eigenvalue weighted by Crippen LogP contribution is -2.12. The van der Waals surface area contributed by atoms with E-state index in [1.807, 2.05) is 0 Å². The van der Waals surface area contributed by atoms with Gasteiger partial charge in [-0.3, -0.25) is 14.9 Å². The average molecular weight is 273 g/mol. The molecular weight excluding hydrogens is 262 g/mol. The molecule has 1 N–H and O–H groups in total. The van der Waals surface area contributed by atoms with Gasteiger partial charge in [0, 0.05) is 24.6 Å². The quantitative estimate of drug-likeness (QED) is 0.525. The second kappa shape index (κ2) is 5.79. The van der Waals surface area contributed by atoms with Crippen molar-refractivity contribution < 1.29 is 14.1 Å². The van der Waals surface area contributed by atoms with Crippen LogP contribution in [0.4, 0.5) is 5.69 Å². The van der Waals surface area contributed by atoms with Gasteiger partial charge in [0.2, 0.25) is 5.91 Å². The first-order chi connectivity index (χ1) is 9.56. The van der Waals surface area contributed by atoms with Crippen molar-refractivity contribution >= 4 is 17.8 Å². The third-order valence-electron chi connectivity index (χ3n) is 2.40. The number of hydrazone groups is 1. The van der Waals surface area contributed by atoms with E-state index in [2.05, 4.69) is 10.5 Å². The largest absolute Gasteiger partial charge is 0.455 e. The summed E-state index contributed by atoms with van der Waals surface area (Å²) in [5.41, 5.74) is 3.00. The van der Waals surface area contributed by atoms with Crippen LogP contribution in [0.1, 0.15) is 12.7 Å². The van der Waals surface area contributed by atoms with Gasteiger partial charge in [0.1, 0.15) is 11.5 Å². The van der Waals surface area contributed by atoms with E-state index in [-0.39, 0.29) is 11.6 Å². The van der Waals surface area contributed by atoms with Gasteiger partial charge in [-0.2, -0.15) is 5.10 Å². The Morgan fingerprint density at radius 2 is 2.00 bits per heavy atom. The monoisotopic (exact) mass is 273 g/mol. The van der Waals surface area contributed by atoms with Gasteiger partial charge in [-0.15, -0.1) is 0 Å². The molecule has 7 heteroatoms. The lowest BCUT2D eigenvalue weighted by Gasteiger charge is -1.96. The van der Waals surface area contributed by atoms with Gasteiger partial charge < -0.3 is 4.42 Å². The second-order valence-corrected chi connectivity index (χ2v) is 3.93. The minimum absolute atomic E-state index is 0.0211. The number of nitro groups is 1. The molecule has 2 rings (SSSR count). The number of carbonyl (C=O) groups is 1. The molecule has 0 saturated carbocycles. The fourth-order valence-corrected chi connectivity index (χ4v) is 1.51. The minimum Gasteiger partial charge on any atom is -0.455 e. The summed E-state index contributed by atoms with van der Waals surface area (Å²) in [5, 5.41) is 14.2. The van der Waals surface area contributed by atoms with E-state index in [0.29, 0.717) is 11.5 Å². The molecule has 0 aliphatic carbocycles. The summed E-state index contributed by atoms with van der Waals surface area (Å²) in [6.07, 6.45) is 1.37. The first-order valence-electron chi connectivity index (χ1n) is 5.70. The number of rotatable bonds is 4. The molecule has 0 atom stereocenters. The summed E-state index contributed by atoms with van der Waals surface area (Å²) in [7, 11) is 0. The van der Waals surface area contributed by atoms with Crippen molar-refractivity contribution in [2.75, 3.05) is 0 Å². The smallest absolute Gasteiger partial charge is 0.269 e. The highest BCUT2D eigenvalue weighted by atomic mass is 16.6. The molecular formula is C13H11N3O4. The normalized spacial score (nSPS) is 10.7. The first-order valence-corrected chi connectivity index (χ1v) is 5.70. The molecule has 0 unspecified atom stereocenters. The Morgan fingerprint density at radius 3 is 2.60 bits per heavy atom. The summed E-state index contributed by atoms with van der Waals surface area (Å²) in [6.45, 7) is 1.35. The highest BCUT2D eigenvalue weighted by molar-refractivity contribution is 5.80. The summed E-state index contributed by atoms with van der Waals surface area (Å²) in [4.78, 5) is 20.7. The summed E-state index contributed by atoms with van der Waals surface area (Å²) >= 11 is 0. The van der Waals surface area contributed by atoms with Gasteiger partial charge in [-0.05, 0) is 24.3 Å². The maximum absolute atomic E-state index is 10.6. The first kappa shape index (κ1) is 13.5. The second-order valence-electron chi connectivity index (χ2n) is 3.93. The van der Waals surface area contributed by atoms with Crippen LogP contribution in [-0.4, -0.2) is 17.0 Å². The minimum atomic E-state index is -0.461. The summed E-state index contributed by atoms with van der Waals surface area (Å²) in [6, 6.07) is 9.42. The zero-order chi connectivity index (χ0) is 14.5. The number of non-ortho nitro benzene ring substituents is 1. The third kappa shape index (κ3) is 3.29. The number of nitro benzene ring substituents is 1. The van der Waals surface area contributed by atoms with E-state index in [1.54, 1.807) is 24.3 Å². The van der Waals surface area contributed by atoms with Crippen molar-refractivity contribution in [2.24, 2.45) is 5.10 Å². The zero-order valence-corrected chi connectivity index (χ0v) is 10.6. The number of amides is 1. The summed E-state index contributed by atoms with van der Waals surface area (Å²) < 4.78 is 5.48. The molecule has 0 aliphatic heterocycles. The van der Waals surface area contributed by atoms with E-state index in [0.717, 1.165) is 5.56 Å². The Labute approximate surface area is 114 Å². The zero-order valence-electron chi connectivity index (χ0n) is 10.6. The van der Waals surface area contributed by atoms with Crippen molar-refractivity contribution in [3.8, 4) is 11.3 Å². The Kier molecular flexibility index (Phi) is 3.90.